The molecule has 1 amide bonds. The largest absolute Gasteiger partial charge is 0.493 e. The number of amides is 1. The lowest BCUT2D eigenvalue weighted by Gasteiger charge is -2.11. The van der Waals surface area contributed by atoms with E-state index in [-0.39, 0.29) is 5.91 Å². The lowest BCUT2D eigenvalue weighted by atomic mass is 10.1. The highest BCUT2D eigenvalue weighted by atomic mass is 16.5. The fourth-order valence-corrected chi connectivity index (χ4v) is 3.27. The summed E-state index contributed by atoms with van der Waals surface area (Å²) in [6, 6.07) is 14.8. The van der Waals surface area contributed by atoms with E-state index in [2.05, 4.69) is 15.6 Å². The van der Waals surface area contributed by atoms with Crippen molar-refractivity contribution in [3.63, 3.8) is 0 Å². The number of carbonyl (C=O) groups excluding carboxylic acids is 1. The molecule has 168 valence electrons. The van der Waals surface area contributed by atoms with Gasteiger partial charge in [-0.05, 0) is 61.9 Å². The van der Waals surface area contributed by atoms with Crippen LogP contribution in [0.5, 0.6) is 11.5 Å². The minimum absolute atomic E-state index is 0.245. The van der Waals surface area contributed by atoms with Crippen LogP contribution in [-0.2, 0) is 11.4 Å². The van der Waals surface area contributed by atoms with E-state index in [0.29, 0.717) is 23.8 Å². The van der Waals surface area contributed by atoms with Gasteiger partial charge in [0.15, 0.2) is 11.5 Å². The summed E-state index contributed by atoms with van der Waals surface area (Å²) in [6.07, 6.45) is 6.73. The quantitative estimate of drug-likeness (QED) is 0.396. The highest BCUT2D eigenvalue weighted by molar-refractivity contribution is 6.02. The number of aryl methyl sites for hydroxylation is 2. The average molecular weight is 444 g/mol. The molecule has 4 aromatic rings. The molecule has 4 rings (SSSR count). The zero-order chi connectivity index (χ0) is 23.2. The molecule has 0 bridgehead atoms. The number of anilines is 1. The van der Waals surface area contributed by atoms with Crippen molar-refractivity contribution in [2.45, 2.75) is 20.5 Å². The molecular formula is C25H24N4O4. The lowest BCUT2D eigenvalue weighted by molar-refractivity contribution is -0.111. The Balaban J connectivity index is 1.40. The van der Waals surface area contributed by atoms with Gasteiger partial charge in [-0.15, -0.1) is 0 Å². The van der Waals surface area contributed by atoms with Crippen LogP contribution in [0.15, 0.2) is 71.5 Å². The van der Waals surface area contributed by atoms with Crippen molar-refractivity contribution in [2.24, 2.45) is 0 Å². The number of rotatable bonds is 8. The molecular weight excluding hydrogens is 420 g/mol. The first-order valence-electron chi connectivity index (χ1n) is 10.3. The second kappa shape index (κ2) is 9.86. The van der Waals surface area contributed by atoms with E-state index < -0.39 is 0 Å². The summed E-state index contributed by atoms with van der Waals surface area (Å²) in [4.78, 5) is 12.4. The summed E-state index contributed by atoms with van der Waals surface area (Å²) in [5, 5.41) is 11.0. The first-order chi connectivity index (χ1) is 16.0. The highest BCUT2D eigenvalue weighted by Gasteiger charge is 2.12. The molecule has 0 aliphatic carbocycles. The van der Waals surface area contributed by atoms with Gasteiger partial charge in [-0.3, -0.25) is 4.79 Å². The summed E-state index contributed by atoms with van der Waals surface area (Å²) in [5.41, 5.74) is 4.05. The number of hydrogen-bond acceptors (Lipinski definition) is 6. The van der Waals surface area contributed by atoms with Crippen LogP contribution < -0.4 is 14.8 Å². The molecule has 0 saturated heterocycles. The topological polar surface area (TPSA) is 91.4 Å². The summed E-state index contributed by atoms with van der Waals surface area (Å²) in [5.74, 6) is 1.64. The number of nitrogens with zero attached hydrogens (tertiary/aromatic N) is 3. The number of nitrogens with one attached hydrogen (secondary N) is 1. The number of methoxy groups -OCH3 is 1. The molecule has 0 unspecified atom stereocenters. The van der Waals surface area contributed by atoms with Gasteiger partial charge in [0.05, 0.1) is 24.1 Å². The van der Waals surface area contributed by atoms with Crippen molar-refractivity contribution in [3.8, 4) is 17.2 Å². The maximum absolute atomic E-state index is 12.4. The molecule has 0 saturated carbocycles. The molecule has 33 heavy (non-hydrogen) atoms. The first kappa shape index (κ1) is 21.9. The molecule has 1 N–H and O–H groups in total. The van der Waals surface area contributed by atoms with Crippen LogP contribution >= 0.6 is 0 Å². The third-order valence-electron chi connectivity index (χ3n) is 5.05. The van der Waals surface area contributed by atoms with E-state index in [1.165, 1.54) is 6.08 Å². The summed E-state index contributed by atoms with van der Waals surface area (Å²) in [6.45, 7) is 4.05. The minimum Gasteiger partial charge on any atom is -0.493 e. The van der Waals surface area contributed by atoms with E-state index in [1.807, 2.05) is 68.6 Å². The molecule has 0 aliphatic heterocycles. The monoisotopic (exact) mass is 444 g/mol. The molecule has 2 aromatic carbocycles. The van der Waals surface area contributed by atoms with Crippen LogP contribution in [-0.4, -0.2) is 28.0 Å². The first-order valence-corrected chi connectivity index (χ1v) is 10.3. The highest BCUT2D eigenvalue weighted by Crippen LogP contribution is 2.30. The zero-order valence-electron chi connectivity index (χ0n) is 18.6. The van der Waals surface area contributed by atoms with Crippen LogP contribution in [0.25, 0.3) is 11.8 Å². The number of ether oxygens (including phenoxy) is 2. The average Bonchev–Trinajstić information content (AvgIpc) is 3.47. The van der Waals surface area contributed by atoms with E-state index in [9.17, 15) is 4.79 Å². The van der Waals surface area contributed by atoms with E-state index in [0.717, 1.165) is 28.3 Å². The molecule has 0 atom stereocenters. The normalized spacial score (nSPS) is 11.0. The molecule has 0 radical (unpaired) electrons. The molecule has 8 heteroatoms. The standard InChI is InChI=1S/C25H24N4O4/c1-17-22(18(2)33-28-17)16-32-23-10-8-19(14-24(23)31-3)9-11-25(30)27-20-6-4-7-21(15-20)29-13-5-12-26-29/h4-15H,16H2,1-3H3,(H,27,30). The van der Waals surface area contributed by atoms with Crippen LogP contribution in [0.2, 0.25) is 0 Å². The van der Waals surface area contributed by atoms with Gasteiger partial charge in [-0.1, -0.05) is 17.3 Å². The number of hydrogen-bond donors (Lipinski definition) is 1. The maximum Gasteiger partial charge on any atom is 0.248 e. The van der Waals surface area contributed by atoms with Gasteiger partial charge in [0.1, 0.15) is 12.4 Å². The third-order valence-corrected chi connectivity index (χ3v) is 5.05. The zero-order valence-corrected chi connectivity index (χ0v) is 18.6. The smallest absolute Gasteiger partial charge is 0.248 e. The SMILES string of the molecule is COc1cc(C=CC(=O)Nc2cccc(-n3cccn3)c2)ccc1OCc1c(C)noc1C. The fourth-order valence-electron chi connectivity index (χ4n) is 3.27. The van der Waals surface area contributed by atoms with Crippen LogP contribution in [0.1, 0.15) is 22.6 Å². The van der Waals surface area contributed by atoms with Crippen molar-refractivity contribution >= 4 is 17.7 Å². The summed E-state index contributed by atoms with van der Waals surface area (Å²) < 4.78 is 18.3. The maximum atomic E-state index is 12.4. The van der Waals surface area contributed by atoms with Crippen molar-refractivity contribution in [3.05, 3.63) is 89.6 Å². The summed E-state index contributed by atoms with van der Waals surface area (Å²) in [7, 11) is 1.57. The van der Waals surface area contributed by atoms with E-state index in [1.54, 1.807) is 24.1 Å². The Bertz CT molecular complexity index is 1260. The van der Waals surface area contributed by atoms with Crippen molar-refractivity contribution in [1.29, 1.82) is 0 Å². The summed E-state index contributed by atoms with van der Waals surface area (Å²) >= 11 is 0. The molecule has 2 aromatic heterocycles. The van der Waals surface area contributed by atoms with Crippen LogP contribution in [0.3, 0.4) is 0 Å². The molecule has 0 spiro atoms. The van der Waals surface area contributed by atoms with Crippen molar-refractivity contribution < 1.29 is 18.8 Å². The van der Waals surface area contributed by atoms with E-state index in [4.69, 9.17) is 14.0 Å². The number of carbonyl (C=O) groups is 1. The van der Waals surface area contributed by atoms with Gasteiger partial charge >= 0.3 is 0 Å². The molecule has 2 heterocycles. The number of benzene rings is 2. The van der Waals surface area contributed by atoms with Crippen molar-refractivity contribution in [2.75, 3.05) is 12.4 Å². The Morgan fingerprint density at radius 1 is 1.15 bits per heavy atom. The van der Waals surface area contributed by atoms with Crippen LogP contribution in [0, 0.1) is 13.8 Å². The molecule has 0 fully saturated rings. The van der Waals surface area contributed by atoms with E-state index >= 15 is 0 Å². The van der Waals surface area contributed by atoms with Gasteiger partial charge in [-0.2, -0.15) is 5.10 Å². The second-order valence-corrected chi connectivity index (χ2v) is 7.33. The predicted molar refractivity (Wildman–Crippen MR) is 125 cm³/mol. The predicted octanol–water partition coefficient (Wildman–Crippen LogP) is 4.72. The van der Waals surface area contributed by atoms with Gasteiger partial charge in [0.25, 0.3) is 0 Å². The fraction of sp³-hybridized carbons (Fsp3) is 0.160. The lowest BCUT2D eigenvalue weighted by Crippen LogP contribution is -2.08. The second-order valence-electron chi connectivity index (χ2n) is 7.33. The number of aromatic nitrogens is 3. The Kier molecular flexibility index (Phi) is 6.54. The van der Waals surface area contributed by atoms with Gasteiger partial charge in [-0.25, -0.2) is 4.68 Å². The Morgan fingerprint density at radius 3 is 2.76 bits per heavy atom. The van der Waals surface area contributed by atoms with Gasteiger partial charge in [0, 0.05) is 24.2 Å². The Labute approximate surface area is 191 Å². The molecule has 8 nitrogen and oxygen atoms in total. The molecule has 0 aliphatic rings. The van der Waals surface area contributed by atoms with Crippen LogP contribution in [0.4, 0.5) is 5.69 Å². The van der Waals surface area contributed by atoms with Crippen molar-refractivity contribution in [1.82, 2.24) is 14.9 Å². The van der Waals surface area contributed by atoms with Gasteiger partial charge < -0.3 is 19.3 Å². The Morgan fingerprint density at radius 2 is 2.03 bits per heavy atom. The minimum atomic E-state index is -0.245. The Hall–Kier alpha value is -4.33. The third kappa shape index (κ3) is 5.30. The van der Waals surface area contributed by atoms with Gasteiger partial charge in [0.2, 0.25) is 5.91 Å².